The number of nitrogens with one attached hydrogen (secondary N) is 1. The van der Waals surface area contributed by atoms with E-state index in [-0.39, 0.29) is 36.1 Å². The number of hydrogen-bond donors (Lipinski definition) is 1. The van der Waals surface area contributed by atoms with Crippen LogP contribution in [0.3, 0.4) is 0 Å². The molecule has 148 valence electrons. The van der Waals surface area contributed by atoms with Crippen LogP contribution in [-0.4, -0.2) is 53.2 Å². The maximum atomic E-state index is 12.6. The summed E-state index contributed by atoms with van der Waals surface area (Å²) in [7, 11) is 0. The van der Waals surface area contributed by atoms with Crippen LogP contribution in [0.15, 0.2) is 45.6 Å². The van der Waals surface area contributed by atoms with Gasteiger partial charge in [-0.2, -0.15) is 0 Å². The van der Waals surface area contributed by atoms with Gasteiger partial charge >= 0.3 is 0 Å². The molecule has 0 bridgehead atoms. The van der Waals surface area contributed by atoms with Crippen LogP contribution in [0.2, 0.25) is 0 Å². The Kier molecular flexibility index (Phi) is 5.18. The molecule has 0 spiro atoms. The first-order valence-electron chi connectivity index (χ1n) is 9.53. The van der Waals surface area contributed by atoms with E-state index in [9.17, 15) is 14.4 Å². The zero-order valence-corrected chi connectivity index (χ0v) is 15.5. The van der Waals surface area contributed by atoms with Gasteiger partial charge in [0.15, 0.2) is 5.76 Å². The fraction of sp³-hybridized carbons (Fsp3) is 0.450. The number of piperidine rings is 1. The van der Waals surface area contributed by atoms with E-state index in [1.807, 2.05) is 6.07 Å². The van der Waals surface area contributed by atoms with Crippen molar-refractivity contribution in [3.8, 4) is 0 Å². The van der Waals surface area contributed by atoms with Crippen LogP contribution >= 0.6 is 0 Å². The van der Waals surface area contributed by atoms with Crippen molar-refractivity contribution < 1.29 is 23.2 Å². The molecule has 0 radical (unpaired) electrons. The molecule has 0 aliphatic carbocycles. The van der Waals surface area contributed by atoms with E-state index in [1.54, 1.807) is 34.3 Å². The molecule has 2 aromatic rings. The van der Waals surface area contributed by atoms with E-state index in [4.69, 9.17) is 8.83 Å². The fourth-order valence-corrected chi connectivity index (χ4v) is 3.79. The Balaban J connectivity index is 1.24. The molecule has 1 N–H and O–H groups in total. The highest BCUT2D eigenvalue weighted by Gasteiger charge is 2.36. The van der Waals surface area contributed by atoms with Gasteiger partial charge in [-0.05, 0) is 37.1 Å². The minimum absolute atomic E-state index is 0.0161. The van der Waals surface area contributed by atoms with Gasteiger partial charge in [0.1, 0.15) is 5.76 Å². The Hall–Kier alpha value is -3.03. The van der Waals surface area contributed by atoms with Crippen molar-refractivity contribution in [1.29, 1.82) is 0 Å². The highest BCUT2D eigenvalue weighted by Crippen LogP contribution is 2.22. The van der Waals surface area contributed by atoms with Crippen molar-refractivity contribution in [1.82, 2.24) is 15.1 Å². The molecule has 1 unspecified atom stereocenters. The highest BCUT2D eigenvalue weighted by molar-refractivity contribution is 5.91. The lowest BCUT2D eigenvalue weighted by Gasteiger charge is -2.32. The summed E-state index contributed by atoms with van der Waals surface area (Å²) in [5.41, 5.74) is 0. The topological polar surface area (TPSA) is 96.0 Å². The van der Waals surface area contributed by atoms with Crippen LogP contribution in [0.4, 0.5) is 0 Å². The van der Waals surface area contributed by atoms with Crippen LogP contribution < -0.4 is 5.32 Å². The highest BCUT2D eigenvalue weighted by atomic mass is 16.3. The second kappa shape index (κ2) is 7.92. The molecule has 4 heterocycles. The average Bonchev–Trinajstić information content (AvgIpc) is 3.45. The van der Waals surface area contributed by atoms with E-state index < -0.39 is 0 Å². The zero-order chi connectivity index (χ0) is 19.5. The molecule has 2 fully saturated rings. The SMILES string of the molecule is O=C(NC1CCN(C(=O)c2ccco2)CC1)C1CC(=O)N(Cc2ccco2)C1. The molecule has 0 aromatic carbocycles. The Morgan fingerprint density at radius 2 is 1.86 bits per heavy atom. The standard InChI is InChI=1S/C20H23N3O5/c24-18-11-14(12-23(18)13-16-3-1-9-27-16)19(25)21-15-5-7-22(8-6-15)20(26)17-4-2-10-28-17/h1-4,9-10,14-15H,5-8,11-13H2,(H,21,25). The van der Waals surface area contributed by atoms with Crippen LogP contribution in [0, 0.1) is 5.92 Å². The molecule has 3 amide bonds. The molecule has 2 aromatic heterocycles. The Morgan fingerprint density at radius 1 is 1.11 bits per heavy atom. The van der Waals surface area contributed by atoms with Gasteiger partial charge in [-0.3, -0.25) is 14.4 Å². The van der Waals surface area contributed by atoms with Crippen molar-refractivity contribution in [2.24, 2.45) is 5.92 Å². The summed E-state index contributed by atoms with van der Waals surface area (Å²) < 4.78 is 10.4. The van der Waals surface area contributed by atoms with Gasteiger partial charge in [0.05, 0.1) is 25.0 Å². The van der Waals surface area contributed by atoms with Gasteiger partial charge in [0, 0.05) is 32.1 Å². The summed E-state index contributed by atoms with van der Waals surface area (Å²) in [5.74, 6) is 0.461. The Morgan fingerprint density at radius 3 is 2.54 bits per heavy atom. The largest absolute Gasteiger partial charge is 0.467 e. The first-order chi connectivity index (χ1) is 13.6. The molecule has 4 rings (SSSR count). The first kappa shape index (κ1) is 18.3. The molecule has 8 heteroatoms. The third-order valence-electron chi connectivity index (χ3n) is 5.37. The number of nitrogens with zero attached hydrogens (tertiary/aromatic N) is 2. The molecule has 2 saturated heterocycles. The number of rotatable bonds is 5. The quantitative estimate of drug-likeness (QED) is 0.844. The number of carbonyl (C=O) groups is 3. The second-order valence-corrected chi connectivity index (χ2v) is 7.31. The lowest BCUT2D eigenvalue weighted by atomic mass is 10.0. The third-order valence-corrected chi connectivity index (χ3v) is 5.37. The van der Waals surface area contributed by atoms with Crippen molar-refractivity contribution in [3.05, 3.63) is 48.3 Å². The van der Waals surface area contributed by atoms with Crippen molar-refractivity contribution in [2.75, 3.05) is 19.6 Å². The second-order valence-electron chi connectivity index (χ2n) is 7.31. The molecule has 0 saturated carbocycles. The van der Waals surface area contributed by atoms with Gasteiger partial charge in [-0.25, -0.2) is 0 Å². The van der Waals surface area contributed by atoms with Crippen LogP contribution in [-0.2, 0) is 16.1 Å². The average molecular weight is 385 g/mol. The van der Waals surface area contributed by atoms with Crippen LogP contribution in [0.25, 0.3) is 0 Å². The maximum Gasteiger partial charge on any atom is 0.289 e. The molecule has 1 atom stereocenters. The van der Waals surface area contributed by atoms with Crippen molar-refractivity contribution in [3.63, 3.8) is 0 Å². The number of amides is 3. The molecular formula is C20H23N3O5. The zero-order valence-electron chi connectivity index (χ0n) is 15.5. The molecular weight excluding hydrogens is 362 g/mol. The first-order valence-corrected chi connectivity index (χ1v) is 9.53. The minimum Gasteiger partial charge on any atom is -0.467 e. The number of furan rings is 2. The maximum absolute atomic E-state index is 12.6. The third kappa shape index (κ3) is 3.95. The fourth-order valence-electron chi connectivity index (χ4n) is 3.79. The van der Waals surface area contributed by atoms with Crippen molar-refractivity contribution >= 4 is 17.7 Å². The van der Waals surface area contributed by atoms with E-state index >= 15 is 0 Å². The van der Waals surface area contributed by atoms with Gasteiger partial charge in [0.2, 0.25) is 11.8 Å². The van der Waals surface area contributed by atoms with E-state index in [0.29, 0.717) is 50.5 Å². The van der Waals surface area contributed by atoms with Crippen molar-refractivity contribution in [2.45, 2.75) is 31.8 Å². The summed E-state index contributed by atoms with van der Waals surface area (Å²) in [5, 5.41) is 3.05. The number of hydrogen-bond acceptors (Lipinski definition) is 5. The summed E-state index contributed by atoms with van der Waals surface area (Å²) in [4.78, 5) is 40.5. The summed E-state index contributed by atoms with van der Waals surface area (Å²) in [6.07, 6.45) is 4.66. The smallest absolute Gasteiger partial charge is 0.289 e. The summed E-state index contributed by atoms with van der Waals surface area (Å²) in [6, 6.07) is 6.96. The number of likely N-dealkylation sites (tertiary alicyclic amines) is 2. The Labute approximate surface area is 162 Å². The summed E-state index contributed by atoms with van der Waals surface area (Å²) in [6.45, 7) is 1.93. The van der Waals surface area contributed by atoms with Gasteiger partial charge in [0.25, 0.3) is 5.91 Å². The normalized spacial score (nSPS) is 20.6. The van der Waals surface area contributed by atoms with Gasteiger partial charge < -0.3 is 24.0 Å². The molecule has 2 aliphatic rings. The monoisotopic (exact) mass is 385 g/mol. The minimum atomic E-state index is -0.342. The van der Waals surface area contributed by atoms with E-state index in [1.165, 1.54) is 6.26 Å². The Bertz CT molecular complexity index is 822. The lowest BCUT2D eigenvalue weighted by molar-refractivity contribution is -0.129. The van der Waals surface area contributed by atoms with Gasteiger partial charge in [-0.1, -0.05) is 0 Å². The van der Waals surface area contributed by atoms with Crippen LogP contribution in [0.5, 0.6) is 0 Å². The lowest BCUT2D eigenvalue weighted by Crippen LogP contribution is -2.48. The van der Waals surface area contributed by atoms with E-state index in [2.05, 4.69) is 5.32 Å². The van der Waals surface area contributed by atoms with E-state index in [0.717, 1.165) is 0 Å². The van der Waals surface area contributed by atoms with Gasteiger partial charge in [-0.15, -0.1) is 0 Å². The number of carbonyl (C=O) groups excluding carboxylic acids is 3. The predicted molar refractivity (Wildman–Crippen MR) is 98.0 cm³/mol. The molecule has 28 heavy (non-hydrogen) atoms. The molecule has 2 aliphatic heterocycles. The van der Waals surface area contributed by atoms with Crippen LogP contribution in [0.1, 0.15) is 35.6 Å². The predicted octanol–water partition coefficient (Wildman–Crippen LogP) is 1.64. The summed E-state index contributed by atoms with van der Waals surface area (Å²) >= 11 is 0. The molecule has 8 nitrogen and oxygen atoms in total.